The van der Waals surface area contributed by atoms with E-state index in [-0.39, 0.29) is 11.6 Å². The van der Waals surface area contributed by atoms with Crippen LogP contribution in [0.2, 0.25) is 18.1 Å². The van der Waals surface area contributed by atoms with Crippen molar-refractivity contribution in [2.45, 2.75) is 76.8 Å². The van der Waals surface area contributed by atoms with Gasteiger partial charge >= 0.3 is 0 Å². The second-order valence-electron chi connectivity index (χ2n) is 9.78. The van der Waals surface area contributed by atoms with Crippen molar-refractivity contribution in [3.05, 3.63) is 0 Å². The molecule has 0 spiro atoms. The Labute approximate surface area is 241 Å². The first-order chi connectivity index (χ1) is 18.9. The Morgan fingerprint density at radius 2 is 1.10 bits per heavy atom. The van der Waals surface area contributed by atoms with Gasteiger partial charge in [-0.05, 0) is 127 Å². The molecule has 4 nitrogen and oxygen atoms in total. The Hall–Kier alpha value is -4.78. The molecule has 0 aromatic carbocycles. The topological polar surface area (TPSA) is 47.9 Å². The van der Waals surface area contributed by atoms with Crippen LogP contribution in [0.5, 0.6) is 0 Å². The van der Waals surface area contributed by atoms with E-state index in [1.54, 1.807) is 13.8 Å². The highest BCUT2D eigenvalue weighted by molar-refractivity contribution is 6.74. The molecule has 1 heterocycles. The smallest absolute Gasteiger partial charge is 0.192 e. The molecule has 40 heavy (non-hydrogen) atoms. The molecule has 196 valence electrons. The van der Waals surface area contributed by atoms with Crippen molar-refractivity contribution in [3.63, 3.8) is 0 Å². The fourth-order valence-corrected chi connectivity index (χ4v) is 3.93. The first-order valence-electron chi connectivity index (χ1n) is 12.0. The predicted octanol–water partition coefficient (Wildman–Crippen LogP) is 2.56. The first kappa shape index (κ1) is 33.2. The van der Waals surface area contributed by atoms with Crippen LogP contribution in [-0.4, -0.2) is 44.1 Å². The molecule has 0 saturated carbocycles. The van der Waals surface area contributed by atoms with Crippen LogP contribution in [0.3, 0.4) is 0 Å². The van der Waals surface area contributed by atoms with Gasteiger partial charge in [-0.15, -0.1) is 6.42 Å². The fraction of sp³-hybridized carbons (Fsp3) is 0.371. The van der Waals surface area contributed by atoms with Crippen LogP contribution < -0.4 is 0 Å². The predicted molar refractivity (Wildman–Crippen MR) is 160 cm³/mol. The van der Waals surface area contributed by atoms with E-state index in [1.807, 2.05) is 0 Å². The van der Waals surface area contributed by atoms with Crippen LogP contribution in [-0.2, 0) is 13.9 Å². The molecule has 1 fully saturated rings. The Kier molecular flexibility index (Phi) is 14.1. The molecule has 3 atom stereocenters. The van der Waals surface area contributed by atoms with E-state index >= 15 is 0 Å². The molecule has 1 aliphatic rings. The van der Waals surface area contributed by atoms with E-state index in [4.69, 9.17) is 20.3 Å². The van der Waals surface area contributed by atoms with Crippen molar-refractivity contribution < 1.29 is 19.0 Å². The first-order valence-corrected chi connectivity index (χ1v) is 14.9. The maximum absolute atomic E-state index is 10.1. The summed E-state index contributed by atoms with van der Waals surface area (Å²) in [7, 11) is -2.16. The molecule has 1 N–H and O–H groups in total. The summed E-state index contributed by atoms with van der Waals surface area (Å²) < 4.78 is 18.4. The summed E-state index contributed by atoms with van der Waals surface area (Å²) in [5, 5.41) is 10.0. The molecule has 0 amide bonds. The van der Waals surface area contributed by atoms with Gasteiger partial charge in [0.15, 0.2) is 20.2 Å². The van der Waals surface area contributed by atoms with Crippen molar-refractivity contribution in [3.8, 4) is 131 Å². The second kappa shape index (κ2) is 16.9. The summed E-state index contributed by atoms with van der Waals surface area (Å²) in [6.45, 7) is 14.0. The van der Waals surface area contributed by atoms with Gasteiger partial charge in [0, 0.05) is 23.7 Å². The number of aliphatic hydroxyl groups excluding tert-OH is 1. The minimum atomic E-state index is -2.16. The van der Waals surface area contributed by atoms with Crippen molar-refractivity contribution >= 4 is 8.32 Å². The lowest BCUT2D eigenvalue weighted by Crippen LogP contribution is -2.50. The van der Waals surface area contributed by atoms with E-state index in [0.29, 0.717) is 0 Å². The normalized spacial score (nSPS) is 16.1. The summed E-state index contributed by atoms with van der Waals surface area (Å²) in [6.07, 6.45) is 3.21. The lowest BCUT2D eigenvalue weighted by atomic mass is 10.1. The SMILES string of the molecule is C#CC#CC#CC#CC#CC#CC#CC#CC#CC#CC#C[C@H]1OC(C)(C)O[C@H]1[C@H](CO)O[Si](C)(C)C(C)(C)C. The molecule has 1 aliphatic heterocycles. The fourth-order valence-electron chi connectivity index (χ4n) is 2.61. The van der Waals surface area contributed by atoms with Gasteiger partial charge in [-0.25, -0.2) is 0 Å². The molecule has 0 unspecified atom stereocenters. The largest absolute Gasteiger partial charge is 0.409 e. The molecule has 0 aromatic rings. The van der Waals surface area contributed by atoms with Crippen LogP contribution in [0.25, 0.3) is 0 Å². The van der Waals surface area contributed by atoms with E-state index in [1.165, 1.54) is 0 Å². The van der Waals surface area contributed by atoms with Gasteiger partial charge in [0.05, 0.1) is 12.7 Å². The molecule has 1 rings (SSSR count). The zero-order chi connectivity index (χ0) is 29.9. The molecule has 0 bridgehead atoms. The summed E-state index contributed by atoms with van der Waals surface area (Å²) >= 11 is 0. The number of ether oxygens (including phenoxy) is 2. The third-order valence-corrected chi connectivity index (χ3v) is 9.84. The van der Waals surface area contributed by atoms with E-state index < -0.39 is 32.4 Å². The zero-order valence-electron chi connectivity index (χ0n) is 23.7. The molecular formula is C35H28O4Si. The highest BCUT2D eigenvalue weighted by atomic mass is 28.4. The molecule has 1 saturated heterocycles. The maximum atomic E-state index is 10.1. The number of rotatable bonds is 4. The Bertz CT molecular complexity index is 1630. The molecule has 0 radical (unpaired) electrons. The standard InChI is InChI=1S/C35H28O4Si/c1-9-10-11-12-13-14-15-16-17-18-19-20-21-22-23-24-25-26-27-28-29-31-33(38-35(5,6)37-31)32(30-36)39-40(7,8)34(2,3)4/h1,31-33,36H,30H2,2-8H3/t31-,32+,33-/m1/s1. The molecule has 5 heteroatoms. The van der Waals surface area contributed by atoms with Gasteiger partial charge in [-0.1, -0.05) is 26.7 Å². The van der Waals surface area contributed by atoms with Crippen molar-refractivity contribution in [2.24, 2.45) is 0 Å². The van der Waals surface area contributed by atoms with Gasteiger partial charge in [-0.3, -0.25) is 0 Å². The number of hydrogen-bond acceptors (Lipinski definition) is 4. The van der Waals surface area contributed by atoms with Gasteiger partial charge in [0.1, 0.15) is 6.10 Å². The van der Waals surface area contributed by atoms with Gasteiger partial charge in [0.25, 0.3) is 0 Å². The average Bonchev–Trinajstić information content (AvgIpc) is 3.19. The highest BCUT2D eigenvalue weighted by Gasteiger charge is 2.48. The average molecular weight is 541 g/mol. The van der Waals surface area contributed by atoms with E-state index in [2.05, 4.69) is 158 Å². The molecular weight excluding hydrogens is 512 g/mol. The summed E-state index contributed by atoms with van der Waals surface area (Å²) in [6, 6.07) is 0. The number of terminal acetylenes is 1. The van der Waals surface area contributed by atoms with Gasteiger partial charge < -0.3 is 19.0 Å². The summed E-state index contributed by atoms with van der Waals surface area (Å²) in [4.78, 5) is 0. The Morgan fingerprint density at radius 3 is 1.45 bits per heavy atom. The minimum Gasteiger partial charge on any atom is -0.409 e. The number of hydrogen-bond donors (Lipinski definition) is 1. The van der Waals surface area contributed by atoms with E-state index in [9.17, 15) is 5.11 Å². The van der Waals surface area contributed by atoms with Crippen LogP contribution in [0.4, 0.5) is 0 Å². The third kappa shape index (κ3) is 13.1. The summed E-state index contributed by atoms with van der Waals surface area (Å²) in [5.74, 6) is 52.2. The monoisotopic (exact) mass is 540 g/mol. The third-order valence-electron chi connectivity index (χ3n) is 5.34. The van der Waals surface area contributed by atoms with Gasteiger partial charge in [0.2, 0.25) is 0 Å². The van der Waals surface area contributed by atoms with Crippen molar-refractivity contribution in [1.82, 2.24) is 0 Å². The Morgan fingerprint density at radius 1 is 0.725 bits per heavy atom. The van der Waals surface area contributed by atoms with Crippen LogP contribution in [0.1, 0.15) is 34.6 Å². The van der Waals surface area contributed by atoms with Crippen LogP contribution in [0, 0.1) is 131 Å². The van der Waals surface area contributed by atoms with Crippen molar-refractivity contribution in [2.75, 3.05) is 6.61 Å². The molecule has 0 aliphatic carbocycles. The highest BCUT2D eigenvalue weighted by Crippen LogP contribution is 2.39. The lowest BCUT2D eigenvalue weighted by Gasteiger charge is -2.40. The second-order valence-corrected chi connectivity index (χ2v) is 14.5. The zero-order valence-corrected chi connectivity index (χ0v) is 24.7. The van der Waals surface area contributed by atoms with Crippen LogP contribution >= 0.6 is 0 Å². The van der Waals surface area contributed by atoms with E-state index in [0.717, 1.165) is 0 Å². The quantitative estimate of drug-likeness (QED) is 0.440. The van der Waals surface area contributed by atoms with Gasteiger partial charge in [-0.2, -0.15) is 0 Å². The summed E-state index contributed by atoms with van der Waals surface area (Å²) in [5.41, 5.74) is 0. The minimum absolute atomic E-state index is 0.0249. The number of aliphatic hydroxyl groups is 1. The Balaban J connectivity index is 2.75. The maximum Gasteiger partial charge on any atom is 0.192 e. The van der Waals surface area contributed by atoms with Crippen LogP contribution in [0.15, 0.2) is 0 Å². The van der Waals surface area contributed by atoms with Crippen molar-refractivity contribution in [1.29, 1.82) is 0 Å². The lowest BCUT2D eigenvalue weighted by molar-refractivity contribution is -0.154. The molecule has 0 aromatic heterocycles.